The molecule has 3 aromatic carbocycles. The maximum Gasteiger partial charge on any atom is 0.143 e. The highest BCUT2D eigenvalue weighted by molar-refractivity contribution is 5.47. The highest BCUT2D eigenvalue weighted by Crippen LogP contribution is 2.42. The monoisotopic (exact) mass is 396 g/mol. The maximum atomic E-state index is 6.86. The summed E-state index contributed by atoms with van der Waals surface area (Å²) in [5.74, 6) is 0. The number of ether oxygens (including phenoxy) is 2. The van der Waals surface area contributed by atoms with Gasteiger partial charge in [0, 0.05) is 0 Å². The molecule has 2 heteroatoms. The van der Waals surface area contributed by atoms with Crippen molar-refractivity contribution in [3.63, 3.8) is 0 Å². The fourth-order valence-corrected chi connectivity index (χ4v) is 4.30. The Morgan fingerprint density at radius 1 is 0.800 bits per heavy atom. The summed E-state index contributed by atoms with van der Waals surface area (Å²) in [6, 6.07) is 31.3. The second-order valence-corrected chi connectivity index (χ2v) is 7.73. The van der Waals surface area contributed by atoms with E-state index in [0.717, 1.165) is 29.5 Å². The van der Waals surface area contributed by atoms with E-state index in [1.54, 1.807) is 0 Å². The van der Waals surface area contributed by atoms with Crippen LogP contribution in [-0.4, -0.2) is 18.3 Å². The summed E-state index contributed by atoms with van der Waals surface area (Å²) in [6.45, 7) is 8.34. The normalized spacial score (nSPS) is 18.1. The molecule has 1 saturated heterocycles. The van der Waals surface area contributed by atoms with Gasteiger partial charge in [-0.15, -0.1) is 0 Å². The molecule has 1 atom stereocenters. The summed E-state index contributed by atoms with van der Waals surface area (Å²) in [7, 11) is 0. The lowest BCUT2D eigenvalue weighted by atomic mass is 9.80. The van der Waals surface area contributed by atoms with Gasteiger partial charge in [-0.2, -0.15) is 0 Å². The van der Waals surface area contributed by atoms with Crippen molar-refractivity contribution in [2.75, 3.05) is 6.61 Å². The lowest BCUT2D eigenvalue weighted by Gasteiger charge is -2.37. The summed E-state index contributed by atoms with van der Waals surface area (Å²) in [4.78, 5) is 0. The summed E-state index contributed by atoms with van der Waals surface area (Å²) in [6.07, 6.45) is 5.46. The van der Waals surface area contributed by atoms with Crippen molar-refractivity contribution < 1.29 is 9.47 Å². The summed E-state index contributed by atoms with van der Waals surface area (Å²) < 4.78 is 13.1. The van der Waals surface area contributed by atoms with Gasteiger partial charge in [-0.1, -0.05) is 116 Å². The third-order valence-electron chi connectivity index (χ3n) is 5.96. The lowest BCUT2D eigenvalue weighted by molar-refractivity contribution is -0.0688. The predicted octanol–water partition coefficient (Wildman–Crippen LogP) is 6.28. The van der Waals surface area contributed by atoms with Crippen molar-refractivity contribution in [2.24, 2.45) is 0 Å². The Morgan fingerprint density at radius 3 is 1.60 bits per heavy atom. The third-order valence-corrected chi connectivity index (χ3v) is 5.96. The Bertz CT molecular complexity index is 859. The molecule has 3 aromatic rings. The Kier molecular flexibility index (Phi) is 5.98. The molecular weight excluding hydrogens is 368 g/mol. The van der Waals surface area contributed by atoms with Crippen LogP contribution in [0, 0.1) is 0 Å². The van der Waals surface area contributed by atoms with Crippen LogP contribution in [0.5, 0.6) is 0 Å². The maximum absolute atomic E-state index is 6.86. The molecule has 1 heterocycles. The quantitative estimate of drug-likeness (QED) is 0.329. The van der Waals surface area contributed by atoms with Crippen molar-refractivity contribution in [3.05, 3.63) is 133 Å². The summed E-state index contributed by atoms with van der Waals surface area (Å²) in [5, 5.41) is 0. The van der Waals surface area contributed by atoms with Crippen LogP contribution in [0.15, 0.2) is 116 Å². The van der Waals surface area contributed by atoms with Crippen LogP contribution in [0.1, 0.15) is 29.5 Å². The van der Waals surface area contributed by atoms with E-state index >= 15 is 0 Å². The number of benzene rings is 3. The molecular formula is C28H28O2. The van der Waals surface area contributed by atoms with E-state index in [2.05, 4.69) is 86.0 Å². The van der Waals surface area contributed by atoms with Crippen molar-refractivity contribution in [1.29, 1.82) is 0 Å². The molecule has 0 amide bonds. The zero-order valence-electron chi connectivity index (χ0n) is 17.2. The molecule has 152 valence electrons. The number of hydrogen-bond acceptors (Lipinski definition) is 2. The van der Waals surface area contributed by atoms with E-state index in [0.29, 0.717) is 6.61 Å². The number of rotatable bonds is 8. The minimum Gasteiger partial charge on any atom is -0.361 e. The van der Waals surface area contributed by atoms with Crippen molar-refractivity contribution in [1.82, 2.24) is 0 Å². The molecule has 1 aliphatic rings. The average molecular weight is 397 g/mol. The minimum absolute atomic E-state index is 0.0171. The molecule has 0 aliphatic carbocycles. The molecule has 0 unspecified atom stereocenters. The van der Waals surface area contributed by atoms with Gasteiger partial charge in [0.25, 0.3) is 0 Å². The zero-order chi connectivity index (χ0) is 20.9. The topological polar surface area (TPSA) is 18.5 Å². The second kappa shape index (κ2) is 8.83. The molecule has 1 aliphatic heterocycles. The predicted molar refractivity (Wildman–Crippen MR) is 122 cm³/mol. The standard InChI is InChI=1S/C28H28O2/c1-3-27(4-2)21-20-26(30-27)22-29-28(23-14-8-5-9-15-23,24-16-10-6-11-17-24)25-18-12-7-13-19-25/h3-19,26H,1-2,20-22H2/t26-/m1/s1. The smallest absolute Gasteiger partial charge is 0.143 e. The molecule has 2 nitrogen and oxygen atoms in total. The highest BCUT2D eigenvalue weighted by atomic mass is 16.6. The van der Waals surface area contributed by atoms with Gasteiger partial charge >= 0.3 is 0 Å². The lowest BCUT2D eigenvalue weighted by Crippen LogP contribution is -2.36. The molecule has 1 fully saturated rings. The Morgan fingerprint density at radius 2 is 1.23 bits per heavy atom. The van der Waals surface area contributed by atoms with Crippen molar-refractivity contribution in [2.45, 2.75) is 30.1 Å². The van der Waals surface area contributed by atoms with Gasteiger partial charge in [-0.25, -0.2) is 0 Å². The van der Waals surface area contributed by atoms with Crippen LogP contribution >= 0.6 is 0 Å². The fraction of sp³-hybridized carbons (Fsp3) is 0.214. The average Bonchev–Trinajstić information content (AvgIpc) is 3.26. The zero-order valence-corrected chi connectivity index (χ0v) is 17.2. The van der Waals surface area contributed by atoms with Crippen LogP contribution < -0.4 is 0 Å². The SMILES string of the molecule is C=CC1(C=C)CC[C@H](COC(c2ccccc2)(c2ccccc2)c2ccccc2)O1. The van der Waals surface area contributed by atoms with Crippen LogP contribution in [0.4, 0.5) is 0 Å². The Hall–Kier alpha value is -2.94. The van der Waals surface area contributed by atoms with Crippen LogP contribution in [0.3, 0.4) is 0 Å². The molecule has 30 heavy (non-hydrogen) atoms. The van der Waals surface area contributed by atoms with Gasteiger partial charge in [0.15, 0.2) is 0 Å². The highest BCUT2D eigenvalue weighted by Gasteiger charge is 2.41. The molecule has 4 rings (SSSR count). The molecule has 0 spiro atoms. The molecule has 0 aromatic heterocycles. The van der Waals surface area contributed by atoms with E-state index < -0.39 is 11.2 Å². The first-order valence-corrected chi connectivity index (χ1v) is 10.5. The largest absolute Gasteiger partial charge is 0.361 e. The van der Waals surface area contributed by atoms with E-state index in [4.69, 9.17) is 9.47 Å². The first kappa shape index (κ1) is 20.3. The second-order valence-electron chi connectivity index (χ2n) is 7.73. The molecule has 0 saturated carbocycles. The molecule has 0 bridgehead atoms. The van der Waals surface area contributed by atoms with Crippen LogP contribution in [0.25, 0.3) is 0 Å². The Balaban J connectivity index is 1.76. The fourth-order valence-electron chi connectivity index (χ4n) is 4.30. The first-order valence-electron chi connectivity index (χ1n) is 10.5. The van der Waals surface area contributed by atoms with Crippen LogP contribution in [-0.2, 0) is 15.1 Å². The van der Waals surface area contributed by atoms with E-state index in [9.17, 15) is 0 Å². The molecule has 0 radical (unpaired) electrons. The van der Waals surface area contributed by atoms with Crippen molar-refractivity contribution in [3.8, 4) is 0 Å². The summed E-state index contributed by atoms with van der Waals surface area (Å²) in [5.41, 5.74) is 2.11. The third kappa shape index (κ3) is 3.77. The van der Waals surface area contributed by atoms with E-state index in [1.165, 1.54) is 0 Å². The van der Waals surface area contributed by atoms with Gasteiger partial charge in [0.05, 0.1) is 12.7 Å². The van der Waals surface area contributed by atoms with Gasteiger partial charge in [-0.05, 0) is 29.5 Å². The van der Waals surface area contributed by atoms with Crippen LogP contribution in [0.2, 0.25) is 0 Å². The van der Waals surface area contributed by atoms with Gasteiger partial charge in [0.2, 0.25) is 0 Å². The van der Waals surface area contributed by atoms with Gasteiger partial charge in [0.1, 0.15) is 11.2 Å². The van der Waals surface area contributed by atoms with Gasteiger partial charge in [-0.3, -0.25) is 0 Å². The Labute approximate surface area is 179 Å². The van der Waals surface area contributed by atoms with Crippen molar-refractivity contribution >= 4 is 0 Å². The minimum atomic E-state index is -0.721. The van der Waals surface area contributed by atoms with Gasteiger partial charge < -0.3 is 9.47 Å². The number of hydrogen-bond donors (Lipinski definition) is 0. The summed E-state index contributed by atoms with van der Waals surface area (Å²) >= 11 is 0. The first-order chi connectivity index (χ1) is 14.7. The van der Waals surface area contributed by atoms with E-state index in [-0.39, 0.29) is 6.10 Å². The van der Waals surface area contributed by atoms with E-state index in [1.807, 2.05) is 30.4 Å². The molecule has 0 N–H and O–H groups in total.